The first-order valence-electron chi connectivity index (χ1n) is 5.40. The maximum atomic E-state index is 11.6. The van der Waals surface area contributed by atoms with Crippen LogP contribution in [0.3, 0.4) is 0 Å². The number of fused-ring (bicyclic) bond motifs is 1. The Labute approximate surface area is 108 Å². The van der Waals surface area contributed by atoms with Gasteiger partial charge in [0, 0.05) is 17.8 Å². The van der Waals surface area contributed by atoms with E-state index in [1.165, 1.54) is 6.20 Å². The molecule has 1 fully saturated rings. The molecule has 5 heteroatoms. The molecule has 1 atom stereocenters. The number of halogens is 2. The minimum absolute atomic E-state index is 0.0596. The highest BCUT2D eigenvalue weighted by molar-refractivity contribution is 6.50. The fourth-order valence-electron chi connectivity index (χ4n) is 1.98. The quantitative estimate of drug-likeness (QED) is 0.785. The van der Waals surface area contributed by atoms with Crippen molar-refractivity contribution in [2.45, 2.75) is 17.3 Å². The van der Waals surface area contributed by atoms with Crippen LogP contribution in [0.2, 0.25) is 0 Å². The largest absolute Gasteiger partial charge is 0.287 e. The van der Waals surface area contributed by atoms with E-state index in [0.717, 1.165) is 11.9 Å². The lowest BCUT2D eigenvalue weighted by Crippen LogP contribution is -2.14. The number of alkyl halides is 2. The Bertz CT molecular complexity index is 636. The summed E-state index contributed by atoms with van der Waals surface area (Å²) in [4.78, 5) is 11.6. The van der Waals surface area contributed by atoms with Crippen LogP contribution in [0.4, 0.5) is 0 Å². The Morgan fingerprint density at radius 1 is 1.41 bits per heavy atom. The van der Waals surface area contributed by atoms with Crippen molar-refractivity contribution < 1.29 is 0 Å². The van der Waals surface area contributed by atoms with E-state index in [4.69, 9.17) is 23.2 Å². The first-order chi connectivity index (χ1) is 8.08. The van der Waals surface area contributed by atoms with Crippen LogP contribution >= 0.6 is 23.2 Å². The zero-order chi connectivity index (χ0) is 12.0. The van der Waals surface area contributed by atoms with E-state index in [0.29, 0.717) is 11.9 Å². The molecule has 0 bridgehead atoms. The fourth-order valence-corrected chi connectivity index (χ4v) is 2.49. The molecule has 0 unspecified atom stereocenters. The predicted molar refractivity (Wildman–Crippen MR) is 68.5 cm³/mol. The summed E-state index contributed by atoms with van der Waals surface area (Å²) in [7, 11) is 0. The molecule has 1 aliphatic rings. The van der Waals surface area contributed by atoms with Crippen LogP contribution in [-0.4, -0.2) is 14.1 Å². The van der Waals surface area contributed by atoms with E-state index in [2.05, 4.69) is 5.10 Å². The third kappa shape index (κ3) is 1.94. The van der Waals surface area contributed by atoms with Crippen molar-refractivity contribution in [2.24, 2.45) is 5.92 Å². The molecule has 1 aromatic carbocycles. The second kappa shape index (κ2) is 3.72. The normalized spacial score (nSPS) is 21.6. The molecule has 0 radical (unpaired) electrons. The average molecular weight is 269 g/mol. The number of benzene rings is 1. The van der Waals surface area contributed by atoms with Gasteiger partial charge in [0.1, 0.15) is 4.33 Å². The number of aromatic nitrogens is 2. The molecule has 0 aliphatic heterocycles. The van der Waals surface area contributed by atoms with Gasteiger partial charge in [0.15, 0.2) is 0 Å². The van der Waals surface area contributed by atoms with Crippen molar-refractivity contribution in [3.63, 3.8) is 0 Å². The summed E-state index contributed by atoms with van der Waals surface area (Å²) >= 11 is 12.0. The van der Waals surface area contributed by atoms with E-state index in [9.17, 15) is 4.79 Å². The van der Waals surface area contributed by atoms with Gasteiger partial charge in [-0.3, -0.25) is 9.48 Å². The zero-order valence-electron chi connectivity index (χ0n) is 8.94. The summed E-state index contributed by atoms with van der Waals surface area (Å²) in [6.45, 7) is 0.647. The third-order valence-electron chi connectivity index (χ3n) is 3.11. The minimum atomic E-state index is -0.619. The van der Waals surface area contributed by atoms with Gasteiger partial charge in [0.25, 0.3) is 0 Å². The van der Waals surface area contributed by atoms with Crippen LogP contribution in [-0.2, 0) is 6.54 Å². The summed E-state index contributed by atoms with van der Waals surface area (Å²) in [6, 6.07) is 7.42. The lowest BCUT2D eigenvalue weighted by molar-refractivity contribution is 0.567. The Kier molecular flexibility index (Phi) is 2.42. The molecule has 1 heterocycles. The molecule has 1 aliphatic carbocycles. The number of para-hydroxylation sites is 1. The first kappa shape index (κ1) is 11.1. The van der Waals surface area contributed by atoms with Gasteiger partial charge >= 0.3 is 0 Å². The standard InChI is InChI=1S/C12H10Cl2N2O/c13-12(14)5-8(12)7-16-10-4-2-1-3-9(10)11(17)6-15-16/h1-4,6,8H,5,7H2/t8-/m0/s1. The summed E-state index contributed by atoms with van der Waals surface area (Å²) in [6.07, 6.45) is 2.12. The Balaban J connectivity index is 2.06. The molecule has 3 rings (SSSR count). The van der Waals surface area contributed by atoms with Crippen LogP contribution in [0.1, 0.15) is 6.42 Å². The summed E-state index contributed by atoms with van der Waals surface area (Å²) < 4.78 is 1.18. The van der Waals surface area contributed by atoms with Crippen molar-refractivity contribution in [1.29, 1.82) is 0 Å². The maximum absolute atomic E-state index is 11.6. The van der Waals surface area contributed by atoms with Crippen LogP contribution in [0.25, 0.3) is 10.9 Å². The first-order valence-corrected chi connectivity index (χ1v) is 6.16. The second-order valence-electron chi connectivity index (χ2n) is 4.37. The van der Waals surface area contributed by atoms with Crippen molar-refractivity contribution >= 4 is 34.1 Å². The smallest absolute Gasteiger partial charge is 0.207 e. The van der Waals surface area contributed by atoms with Gasteiger partial charge in [-0.25, -0.2) is 0 Å². The molecular formula is C12H10Cl2N2O. The van der Waals surface area contributed by atoms with E-state index >= 15 is 0 Å². The van der Waals surface area contributed by atoms with Crippen molar-refractivity contribution in [3.05, 3.63) is 40.7 Å². The Morgan fingerprint density at radius 2 is 2.12 bits per heavy atom. The number of rotatable bonds is 2. The fraction of sp³-hybridized carbons (Fsp3) is 0.333. The molecule has 0 amide bonds. The Morgan fingerprint density at radius 3 is 2.82 bits per heavy atom. The summed E-state index contributed by atoms with van der Waals surface area (Å²) in [5.41, 5.74) is 0.770. The number of hydrogen-bond donors (Lipinski definition) is 0. The lowest BCUT2D eigenvalue weighted by atomic mass is 10.2. The van der Waals surface area contributed by atoms with E-state index < -0.39 is 4.33 Å². The van der Waals surface area contributed by atoms with Crippen LogP contribution in [0, 0.1) is 5.92 Å². The molecule has 1 aromatic heterocycles. The van der Waals surface area contributed by atoms with Gasteiger partial charge < -0.3 is 0 Å². The molecule has 0 spiro atoms. The zero-order valence-corrected chi connectivity index (χ0v) is 10.4. The van der Waals surface area contributed by atoms with Crippen molar-refractivity contribution in [3.8, 4) is 0 Å². The van der Waals surface area contributed by atoms with Crippen LogP contribution in [0.5, 0.6) is 0 Å². The Hall–Kier alpha value is -1.06. The van der Waals surface area contributed by atoms with Gasteiger partial charge in [0.2, 0.25) is 5.43 Å². The van der Waals surface area contributed by atoms with Crippen molar-refractivity contribution in [1.82, 2.24) is 9.78 Å². The van der Waals surface area contributed by atoms with E-state index in [1.807, 2.05) is 18.2 Å². The van der Waals surface area contributed by atoms with Crippen molar-refractivity contribution in [2.75, 3.05) is 0 Å². The van der Waals surface area contributed by atoms with Gasteiger partial charge in [-0.05, 0) is 18.6 Å². The van der Waals surface area contributed by atoms with E-state index in [-0.39, 0.29) is 11.3 Å². The highest BCUT2D eigenvalue weighted by Gasteiger charge is 2.51. The molecule has 17 heavy (non-hydrogen) atoms. The molecule has 2 aromatic rings. The molecule has 3 nitrogen and oxygen atoms in total. The van der Waals surface area contributed by atoms with Crippen LogP contribution < -0.4 is 5.43 Å². The minimum Gasteiger partial charge on any atom is -0.287 e. The predicted octanol–water partition coefficient (Wildman–Crippen LogP) is 2.59. The average Bonchev–Trinajstić information content (AvgIpc) is 2.91. The topological polar surface area (TPSA) is 34.9 Å². The van der Waals surface area contributed by atoms with Gasteiger partial charge in [0.05, 0.1) is 11.7 Å². The SMILES string of the molecule is O=c1cnn(C[C@@H]2CC2(Cl)Cl)c2ccccc12. The monoisotopic (exact) mass is 268 g/mol. The van der Waals surface area contributed by atoms with Gasteiger partial charge in [-0.1, -0.05) is 12.1 Å². The highest BCUT2D eigenvalue weighted by Crippen LogP contribution is 2.53. The highest BCUT2D eigenvalue weighted by atomic mass is 35.5. The third-order valence-corrected chi connectivity index (χ3v) is 4.04. The summed E-state index contributed by atoms with van der Waals surface area (Å²) in [5, 5.41) is 4.82. The number of hydrogen-bond acceptors (Lipinski definition) is 2. The molecule has 88 valence electrons. The molecule has 0 saturated heterocycles. The van der Waals surface area contributed by atoms with Gasteiger partial charge in [-0.2, -0.15) is 5.10 Å². The molecule has 0 N–H and O–H groups in total. The lowest BCUT2D eigenvalue weighted by Gasteiger charge is -2.08. The molecular weight excluding hydrogens is 259 g/mol. The number of nitrogens with zero attached hydrogens (tertiary/aromatic N) is 2. The second-order valence-corrected chi connectivity index (χ2v) is 5.91. The summed E-state index contributed by atoms with van der Waals surface area (Å²) in [5.74, 6) is 0.212. The maximum Gasteiger partial charge on any atom is 0.207 e. The molecule has 1 saturated carbocycles. The van der Waals surface area contributed by atoms with Gasteiger partial charge in [-0.15, -0.1) is 23.2 Å². The van der Waals surface area contributed by atoms with E-state index in [1.54, 1.807) is 10.7 Å². The van der Waals surface area contributed by atoms with Crippen LogP contribution in [0.15, 0.2) is 35.3 Å².